The van der Waals surface area contributed by atoms with Crippen molar-refractivity contribution in [1.29, 1.82) is 0 Å². The predicted octanol–water partition coefficient (Wildman–Crippen LogP) is 6.36. The maximum Gasteiger partial charge on any atom is 0.303 e. The Hall–Kier alpha value is -0.610. The van der Waals surface area contributed by atoms with Gasteiger partial charge in [-0.2, -0.15) is 0 Å². The minimum atomic E-state index is -0.659. The van der Waals surface area contributed by atoms with Gasteiger partial charge in [-0.05, 0) is 12.8 Å². The average Bonchev–Trinajstić information content (AvgIpc) is 2.59. The summed E-state index contributed by atoms with van der Waals surface area (Å²) in [5, 5.41) is 8.41. The fraction of sp³-hybridized carbons (Fsp3) is 0.955. The van der Waals surface area contributed by atoms with Gasteiger partial charge in [0.15, 0.2) is 0 Å². The van der Waals surface area contributed by atoms with Crippen LogP contribution in [0.15, 0.2) is 0 Å². The minimum absolute atomic E-state index is 0.0966. The van der Waals surface area contributed by atoms with Crippen molar-refractivity contribution in [3.8, 4) is 0 Å². The second kappa shape index (κ2) is 24.4. The highest BCUT2D eigenvalue weighted by molar-refractivity contribution is 5.66. The first-order chi connectivity index (χ1) is 12.5. The molecule has 26 heavy (non-hydrogen) atoms. The number of carbonyl (C=O) groups is 1. The highest BCUT2D eigenvalue weighted by Gasteiger charge is 1.96. The Morgan fingerprint density at radius 1 is 0.654 bits per heavy atom. The van der Waals surface area contributed by atoms with E-state index in [0.717, 1.165) is 19.3 Å². The van der Waals surface area contributed by atoms with E-state index >= 15 is 0 Å². The lowest BCUT2D eigenvalue weighted by Gasteiger charge is -2.04. The van der Waals surface area contributed by atoms with Crippen molar-refractivity contribution in [2.75, 3.05) is 0 Å². The van der Waals surface area contributed by atoms with E-state index in [2.05, 4.69) is 13.8 Å². The highest BCUT2D eigenvalue weighted by Crippen LogP contribution is 2.10. The Bertz CT molecular complexity index is 271. The Morgan fingerprint density at radius 2 is 1.00 bits per heavy atom. The molecule has 4 heteroatoms. The fourth-order valence-corrected chi connectivity index (χ4v) is 2.92. The molecule has 0 aliphatic carbocycles. The monoisotopic (exact) mass is 372 g/mol. The van der Waals surface area contributed by atoms with Gasteiger partial charge >= 0.3 is 5.97 Å². The largest absolute Gasteiger partial charge is 0.481 e. The fourth-order valence-electron chi connectivity index (χ4n) is 2.92. The number of rotatable bonds is 18. The van der Waals surface area contributed by atoms with E-state index < -0.39 is 5.97 Å². The second-order valence-corrected chi connectivity index (χ2v) is 7.55. The molecular weight excluding hydrogens is 324 g/mol. The molecular formula is C22H48N2O2. The Labute approximate surface area is 163 Å². The molecule has 0 spiro atoms. The third kappa shape index (κ3) is 31.2. The van der Waals surface area contributed by atoms with Crippen molar-refractivity contribution in [2.45, 2.75) is 136 Å². The van der Waals surface area contributed by atoms with Gasteiger partial charge in [0.2, 0.25) is 0 Å². The van der Waals surface area contributed by atoms with Gasteiger partial charge in [0.05, 0.1) is 6.17 Å². The summed E-state index contributed by atoms with van der Waals surface area (Å²) >= 11 is 0. The van der Waals surface area contributed by atoms with Gasteiger partial charge in [-0.15, -0.1) is 0 Å². The van der Waals surface area contributed by atoms with Crippen LogP contribution in [-0.2, 0) is 4.79 Å². The third-order valence-electron chi connectivity index (χ3n) is 4.64. The zero-order valence-electron chi connectivity index (χ0n) is 17.8. The van der Waals surface area contributed by atoms with Gasteiger partial charge < -0.3 is 16.6 Å². The number of unbranched alkanes of at least 4 members (excludes halogenated alkanes) is 14. The smallest absolute Gasteiger partial charge is 0.303 e. The molecule has 0 heterocycles. The van der Waals surface area contributed by atoms with Gasteiger partial charge in [-0.1, -0.05) is 110 Å². The summed E-state index contributed by atoms with van der Waals surface area (Å²) in [6.45, 7) is 4.47. The summed E-state index contributed by atoms with van der Waals surface area (Å²) in [6, 6.07) is 0. The van der Waals surface area contributed by atoms with Crippen molar-refractivity contribution in [3.63, 3.8) is 0 Å². The topological polar surface area (TPSA) is 89.3 Å². The third-order valence-corrected chi connectivity index (χ3v) is 4.64. The van der Waals surface area contributed by atoms with Gasteiger partial charge in [-0.25, -0.2) is 0 Å². The van der Waals surface area contributed by atoms with Gasteiger partial charge in [0.25, 0.3) is 0 Å². The molecule has 0 bridgehead atoms. The molecule has 5 N–H and O–H groups in total. The molecule has 0 atom stereocenters. The molecule has 0 unspecified atom stereocenters. The van der Waals surface area contributed by atoms with E-state index in [0.29, 0.717) is 6.42 Å². The normalized spacial score (nSPS) is 10.7. The number of carboxylic acid groups (broad SMARTS) is 1. The second-order valence-electron chi connectivity index (χ2n) is 7.55. The van der Waals surface area contributed by atoms with Gasteiger partial charge in [0.1, 0.15) is 0 Å². The van der Waals surface area contributed by atoms with Crippen LogP contribution in [0.5, 0.6) is 0 Å². The summed E-state index contributed by atoms with van der Waals surface area (Å²) in [6.07, 6.45) is 21.7. The van der Waals surface area contributed by atoms with E-state index in [4.69, 9.17) is 16.6 Å². The van der Waals surface area contributed by atoms with Crippen molar-refractivity contribution >= 4 is 5.97 Å². The Balaban J connectivity index is 0. The standard InChI is InChI=1S/C12H24O2.C10H24N2/c1-2-3-4-5-6-7-8-9-10-11-12(13)14;1-2-3-4-5-6-7-8-9-10(11)12/h2-11H2,1H3,(H,13,14);10H,2-9,11-12H2,1H3. The van der Waals surface area contributed by atoms with Crippen LogP contribution in [0.1, 0.15) is 129 Å². The predicted molar refractivity (Wildman–Crippen MR) is 114 cm³/mol. The van der Waals surface area contributed by atoms with Crippen molar-refractivity contribution < 1.29 is 9.90 Å². The number of hydrogen-bond acceptors (Lipinski definition) is 3. The van der Waals surface area contributed by atoms with Crippen LogP contribution >= 0.6 is 0 Å². The quantitative estimate of drug-likeness (QED) is 0.193. The van der Waals surface area contributed by atoms with E-state index in [1.807, 2.05) is 0 Å². The Kier molecular flexibility index (Phi) is 25.9. The first kappa shape index (κ1) is 27.6. The van der Waals surface area contributed by atoms with Gasteiger partial charge in [0, 0.05) is 6.42 Å². The molecule has 0 fully saturated rings. The maximum atomic E-state index is 10.2. The summed E-state index contributed by atoms with van der Waals surface area (Å²) in [4.78, 5) is 10.2. The molecule has 0 saturated carbocycles. The lowest BCUT2D eigenvalue weighted by atomic mass is 10.1. The molecule has 4 nitrogen and oxygen atoms in total. The number of carboxylic acids is 1. The van der Waals surface area contributed by atoms with Crippen molar-refractivity contribution in [3.05, 3.63) is 0 Å². The van der Waals surface area contributed by atoms with Crippen LogP contribution in [-0.4, -0.2) is 17.2 Å². The van der Waals surface area contributed by atoms with E-state index in [1.54, 1.807) is 0 Å². The molecule has 0 aliphatic rings. The van der Waals surface area contributed by atoms with Crippen LogP contribution < -0.4 is 11.5 Å². The van der Waals surface area contributed by atoms with Crippen molar-refractivity contribution in [1.82, 2.24) is 0 Å². The molecule has 0 aromatic heterocycles. The zero-order valence-corrected chi connectivity index (χ0v) is 17.8. The first-order valence-electron chi connectivity index (χ1n) is 11.3. The number of aliphatic carboxylic acids is 1. The lowest BCUT2D eigenvalue weighted by Crippen LogP contribution is -2.29. The van der Waals surface area contributed by atoms with Gasteiger partial charge in [-0.3, -0.25) is 4.79 Å². The van der Waals surface area contributed by atoms with Crippen LogP contribution in [0.4, 0.5) is 0 Å². The average molecular weight is 373 g/mol. The molecule has 0 aromatic rings. The summed E-state index contributed by atoms with van der Waals surface area (Å²) in [5.41, 5.74) is 10.9. The van der Waals surface area contributed by atoms with Crippen LogP contribution in [0.3, 0.4) is 0 Å². The SMILES string of the molecule is CCCCCCCCCC(N)N.CCCCCCCCCCCC(=O)O. The number of hydrogen-bond donors (Lipinski definition) is 3. The van der Waals surface area contributed by atoms with E-state index in [-0.39, 0.29) is 6.17 Å². The highest BCUT2D eigenvalue weighted by atomic mass is 16.4. The van der Waals surface area contributed by atoms with E-state index in [1.165, 1.54) is 89.9 Å². The van der Waals surface area contributed by atoms with Crippen LogP contribution in [0.25, 0.3) is 0 Å². The van der Waals surface area contributed by atoms with E-state index in [9.17, 15) is 4.79 Å². The molecule has 0 saturated heterocycles. The minimum Gasteiger partial charge on any atom is -0.481 e. The molecule has 0 rings (SSSR count). The summed E-state index contributed by atoms with van der Waals surface area (Å²) in [7, 11) is 0. The lowest BCUT2D eigenvalue weighted by molar-refractivity contribution is -0.137. The zero-order chi connectivity index (χ0) is 19.9. The molecule has 158 valence electrons. The maximum absolute atomic E-state index is 10.2. The molecule has 0 aromatic carbocycles. The summed E-state index contributed by atoms with van der Waals surface area (Å²) in [5.74, 6) is -0.659. The summed E-state index contributed by atoms with van der Waals surface area (Å²) < 4.78 is 0. The molecule has 0 radical (unpaired) electrons. The first-order valence-corrected chi connectivity index (χ1v) is 11.3. The van der Waals surface area contributed by atoms with Crippen LogP contribution in [0.2, 0.25) is 0 Å². The molecule has 0 amide bonds. The molecule has 0 aliphatic heterocycles. The van der Waals surface area contributed by atoms with Crippen molar-refractivity contribution in [2.24, 2.45) is 11.5 Å². The number of nitrogens with two attached hydrogens (primary N) is 2. The Morgan fingerprint density at radius 3 is 1.35 bits per heavy atom. The van der Waals surface area contributed by atoms with Crippen LogP contribution in [0, 0.1) is 0 Å².